The van der Waals surface area contributed by atoms with Crippen LogP contribution in [0.3, 0.4) is 0 Å². The summed E-state index contributed by atoms with van der Waals surface area (Å²) in [5.74, 6) is 0.197. The Balaban J connectivity index is 1.60. The topological polar surface area (TPSA) is 84.1 Å². The van der Waals surface area contributed by atoms with Crippen LogP contribution in [0.1, 0.15) is 25.6 Å². The first-order chi connectivity index (χ1) is 13.1. The number of hydrogen-bond donors (Lipinski definition) is 2. The number of aromatic amines is 1. The summed E-state index contributed by atoms with van der Waals surface area (Å²) in [5.41, 5.74) is 0.876. The van der Waals surface area contributed by atoms with Crippen molar-refractivity contribution in [2.45, 2.75) is 26.2 Å². The van der Waals surface area contributed by atoms with E-state index in [0.717, 1.165) is 0 Å². The Morgan fingerprint density at radius 2 is 2.07 bits per heavy atom. The lowest BCUT2D eigenvalue weighted by molar-refractivity contribution is -0.116. The first kappa shape index (κ1) is 18.6. The summed E-state index contributed by atoms with van der Waals surface area (Å²) < 4.78 is 18.7. The van der Waals surface area contributed by atoms with Crippen LogP contribution in [0.5, 0.6) is 5.75 Å². The van der Waals surface area contributed by atoms with E-state index in [2.05, 4.69) is 15.3 Å². The van der Waals surface area contributed by atoms with Crippen molar-refractivity contribution in [3.63, 3.8) is 0 Å². The molecule has 0 spiro atoms. The van der Waals surface area contributed by atoms with Gasteiger partial charge in [0.2, 0.25) is 5.91 Å². The number of aryl methyl sites for hydroxylation is 1. The van der Waals surface area contributed by atoms with Crippen molar-refractivity contribution >= 4 is 22.5 Å². The Labute approximate surface area is 155 Å². The van der Waals surface area contributed by atoms with E-state index < -0.39 is 5.82 Å². The van der Waals surface area contributed by atoms with E-state index in [0.29, 0.717) is 47.6 Å². The molecule has 0 saturated carbocycles. The number of fused-ring (bicyclic) bond motifs is 1. The van der Waals surface area contributed by atoms with Crippen LogP contribution in [0.2, 0.25) is 0 Å². The van der Waals surface area contributed by atoms with E-state index in [1.807, 2.05) is 6.07 Å². The lowest BCUT2D eigenvalue weighted by Crippen LogP contribution is -2.15. The molecule has 0 saturated heterocycles. The summed E-state index contributed by atoms with van der Waals surface area (Å²) in [4.78, 5) is 31.4. The first-order valence-electron chi connectivity index (χ1n) is 8.77. The maximum atomic E-state index is 13.3. The van der Waals surface area contributed by atoms with Crippen LogP contribution in [0, 0.1) is 5.82 Å². The number of ether oxygens (including phenoxy) is 1. The number of aromatic nitrogens is 2. The summed E-state index contributed by atoms with van der Waals surface area (Å²) in [6.45, 7) is 2.15. The number of nitrogens with one attached hydrogen (secondary N) is 2. The van der Waals surface area contributed by atoms with Crippen molar-refractivity contribution in [2.24, 2.45) is 0 Å². The second-order valence-electron chi connectivity index (χ2n) is 6.00. The number of halogens is 1. The third-order valence-electron chi connectivity index (χ3n) is 4.00. The number of H-pyrrole nitrogens is 1. The van der Waals surface area contributed by atoms with Gasteiger partial charge >= 0.3 is 0 Å². The largest absolute Gasteiger partial charge is 0.492 e. The molecule has 0 aliphatic heterocycles. The van der Waals surface area contributed by atoms with Gasteiger partial charge in [0.05, 0.1) is 23.2 Å². The highest BCUT2D eigenvalue weighted by Gasteiger charge is 2.10. The van der Waals surface area contributed by atoms with Crippen LogP contribution in [0.25, 0.3) is 10.9 Å². The molecule has 0 fully saturated rings. The fourth-order valence-corrected chi connectivity index (χ4v) is 2.76. The fourth-order valence-electron chi connectivity index (χ4n) is 2.76. The van der Waals surface area contributed by atoms with E-state index in [4.69, 9.17) is 4.74 Å². The molecule has 1 aromatic heterocycles. The van der Waals surface area contributed by atoms with Crippen molar-refractivity contribution in [1.82, 2.24) is 9.97 Å². The molecule has 3 aromatic rings. The minimum absolute atomic E-state index is 0.187. The maximum absolute atomic E-state index is 13.3. The van der Waals surface area contributed by atoms with Crippen LogP contribution in [-0.4, -0.2) is 22.5 Å². The number of anilines is 1. The van der Waals surface area contributed by atoms with Crippen LogP contribution < -0.4 is 15.6 Å². The van der Waals surface area contributed by atoms with Gasteiger partial charge in [0.1, 0.15) is 17.4 Å². The molecule has 2 N–H and O–H groups in total. The number of nitrogens with zero attached hydrogens (tertiary/aromatic N) is 1. The summed E-state index contributed by atoms with van der Waals surface area (Å²) >= 11 is 0. The summed E-state index contributed by atoms with van der Waals surface area (Å²) in [7, 11) is 0. The Bertz CT molecular complexity index is 1020. The van der Waals surface area contributed by atoms with E-state index in [1.165, 1.54) is 18.2 Å². The molecule has 1 heterocycles. The van der Waals surface area contributed by atoms with Crippen molar-refractivity contribution in [2.75, 3.05) is 11.9 Å². The molecule has 7 heteroatoms. The molecule has 0 bridgehead atoms. The van der Waals surface area contributed by atoms with Gasteiger partial charge in [-0.15, -0.1) is 0 Å². The number of carbonyl (C=O) groups excluding carboxylic acids is 1. The van der Waals surface area contributed by atoms with Gasteiger partial charge in [-0.25, -0.2) is 9.37 Å². The van der Waals surface area contributed by atoms with Crippen LogP contribution in [0.4, 0.5) is 10.1 Å². The second kappa shape index (κ2) is 8.44. The molecule has 0 atom stereocenters. The minimum atomic E-state index is -0.428. The predicted octanol–water partition coefficient (Wildman–Crippen LogP) is 3.42. The minimum Gasteiger partial charge on any atom is -0.492 e. The lowest BCUT2D eigenvalue weighted by Gasteiger charge is -2.11. The molecule has 0 radical (unpaired) electrons. The van der Waals surface area contributed by atoms with E-state index >= 15 is 0 Å². The molecular formula is C20H20FN3O3. The summed E-state index contributed by atoms with van der Waals surface area (Å²) in [6.07, 6.45) is 1.22. The van der Waals surface area contributed by atoms with Crippen LogP contribution >= 0.6 is 0 Å². The molecule has 0 aliphatic carbocycles. The molecule has 140 valence electrons. The van der Waals surface area contributed by atoms with E-state index in [-0.39, 0.29) is 17.9 Å². The van der Waals surface area contributed by atoms with Crippen molar-refractivity contribution < 1.29 is 13.9 Å². The van der Waals surface area contributed by atoms with Gasteiger partial charge in [-0.1, -0.05) is 12.1 Å². The Kier molecular flexibility index (Phi) is 5.80. The smallest absolute Gasteiger partial charge is 0.258 e. The van der Waals surface area contributed by atoms with Crippen molar-refractivity contribution in [3.8, 4) is 5.75 Å². The highest BCUT2D eigenvalue weighted by atomic mass is 19.1. The second-order valence-corrected chi connectivity index (χ2v) is 6.00. The SMILES string of the molecule is CCOc1cc(F)ccc1NC(=O)CCCc1nc2ccccc2c(=O)[nH]1. The average molecular weight is 369 g/mol. The van der Waals surface area contributed by atoms with Crippen LogP contribution in [-0.2, 0) is 11.2 Å². The summed E-state index contributed by atoms with van der Waals surface area (Å²) in [6, 6.07) is 11.1. The highest BCUT2D eigenvalue weighted by Crippen LogP contribution is 2.25. The number of para-hydroxylation sites is 1. The molecule has 6 nitrogen and oxygen atoms in total. The molecule has 0 aliphatic rings. The Morgan fingerprint density at radius 3 is 2.89 bits per heavy atom. The van der Waals surface area contributed by atoms with Gasteiger partial charge in [0, 0.05) is 18.9 Å². The number of benzene rings is 2. The Morgan fingerprint density at radius 1 is 1.26 bits per heavy atom. The molecule has 27 heavy (non-hydrogen) atoms. The third kappa shape index (κ3) is 4.69. The summed E-state index contributed by atoms with van der Waals surface area (Å²) in [5, 5.41) is 3.27. The molecule has 1 amide bonds. The quantitative estimate of drug-likeness (QED) is 0.668. The Hall–Kier alpha value is -3.22. The third-order valence-corrected chi connectivity index (χ3v) is 4.00. The lowest BCUT2D eigenvalue weighted by atomic mass is 10.2. The van der Waals surface area contributed by atoms with E-state index in [9.17, 15) is 14.0 Å². The van der Waals surface area contributed by atoms with Gasteiger partial charge in [0.25, 0.3) is 5.56 Å². The van der Waals surface area contributed by atoms with Gasteiger partial charge in [-0.2, -0.15) is 0 Å². The zero-order valence-corrected chi connectivity index (χ0v) is 14.9. The fraction of sp³-hybridized carbons (Fsp3) is 0.250. The predicted molar refractivity (Wildman–Crippen MR) is 102 cm³/mol. The number of amides is 1. The van der Waals surface area contributed by atoms with Gasteiger partial charge in [0.15, 0.2) is 0 Å². The highest BCUT2D eigenvalue weighted by molar-refractivity contribution is 5.92. The van der Waals surface area contributed by atoms with Gasteiger partial charge in [-0.05, 0) is 37.6 Å². The van der Waals surface area contributed by atoms with Crippen LogP contribution in [0.15, 0.2) is 47.3 Å². The molecular weight excluding hydrogens is 349 g/mol. The molecule has 2 aromatic carbocycles. The number of hydrogen-bond acceptors (Lipinski definition) is 4. The zero-order chi connectivity index (χ0) is 19.2. The molecule has 3 rings (SSSR count). The maximum Gasteiger partial charge on any atom is 0.258 e. The first-order valence-corrected chi connectivity index (χ1v) is 8.77. The zero-order valence-electron chi connectivity index (χ0n) is 14.9. The number of rotatable bonds is 7. The van der Waals surface area contributed by atoms with Crippen molar-refractivity contribution in [3.05, 3.63) is 64.5 Å². The van der Waals surface area contributed by atoms with Crippen molar-refractivity contribution in [1.29, 1.82) is 0 Å². The van der Waals surface area contributed by atoms with Gasteiger partial charge in [-0.3, -0.25) is 9.59 Å². The average Bonchev–Trinajstić information content (AvgIpc) is 2.64. The normalized spacial score (nSPS) is 10.7. The monoisotopic (exact) mass is 369 g/mol. The standard InChI is InChI=1S/C20H20FN3O3/c1-2-27-17-12-13(21)10-11-16(17)23-19(25)9-5-8-18-22-15-7-4-3-6-14(15)20(26)24-18/h3-4,6-7,10-12H,2,5,8-9H2,1H3,(H,23,25)(H,22,24,26). The van der Waals surface area contributed by atoms with E-state index in [1.54, 1.807) is 25.1 Å². The molecule has 0 unspecified atom stereocenters. The number of carbonyl (C=O) groups is 1. The van der Waals surface area contributed by atoms with Gasteiger partial charge < -0.3 is 15.0 Å².